The molecule has 1 fully saturated rings. The van der Waals surface area contributed by atoms with Crippen molar-refractivity contribution in [2.45, 2.75) is 74.5 Å². The van der Waals surface area contributed by atoms with E-state index in [1.54, 1.807) is 11.8 Å². The second-order valence-corrected chi connectivity index (χ2v) is 8.69. The molecule has 0 spiro atoms. The van der Waals surface area contributed by atoms with Crippen LogP contribution in [0, 0.1) is 0 Å². The van der Waals surface area contributed by atoms with Crippen LogP contribution in [-0.4, -0.2) is 36.6 Å². The van der Waals surface area contributed by atoms with E-state index in [0.717, 1.165) is 32.3 Å². The minimum Gasteiger partial charge on any atom is -0.466 e. The first-order valence-corrected chi connectivity index (χ1v) is 11.8. The fourth-order valence-corrected chi connectivity index (χ4v) is 4.69. The fourth-order valence-electron chi connectivity index (χ4n) is 3.69. The van der Waals surface area contributed by atoms with E-state index < -0.39 is 0 Å². The van der Waals surface area contributed by atoms with E-state index in [9.17, 15) is 4.79 Å². The zero-order valence-electron chi connectivity index (χ0n) is 18.0. The van der Waals surface area contributed by atoms with Gasteiger partial charge in [-0.25, -0.2) is 0 Å². The van der Waals surface area contributed by atoms with Gasteiger partial charge < -0.3 is 18.8 Å². The molecule has 1 aromatic carbocycles. The Morgan fingerprint density at radius 1 is 1.27 bits per heavy atom. The van der Waals surface area contributed by atoms with Crippen LogP contribution >= 0.6 is 11.8 Å². The molecule has 164 valence electrons. The molecule has 2 atom stereocenters. The van der Waals surface area contributed by atoms with Crippen molar-refractivity contribution in [1.29, 1.82) is 0 Å². The lowest BCUT2D eigenvalue weighted by atomic mass is 10.2. The van der Waals surface area contributed by atoms with Crippen molar-refractivity contribution in [3.05, 3.63) is 48.3 Å². The molecule has 0 saturated carbocycles. The lowest BCUT2D eigenvalue weighted by molar-refractivity contribution is -0.162. The molecule has 2 unspecified atom stereocenters. The van der Waals surface area contributed by atoms with Crippen LogP contribution < -0.4 is 0 Å². The third kappa shape index (κ3) is 6.89. The van der Waals surface area contributed by atoms with Gasteiger partial charge in [-0.05, 0) is 64.2 Å². The van der Waals surface area contributed by atoms with Crippen molar-refractivity contribution < 1.29 is 19.0 Å². The van der Waals surface area contributed by atoms with Gasteiger partial charge >= 0.3 is 5.97 Å². The Hall–Kier alpha value is -1.76. The summed E-state index contributed by atoms with van der Waals surface area (Å²) in [6, 6.07) is 12.6. The van der Waals surface area contributed by atoms with Gasteiger partial charge in [0.05, 0.1) is 19.6 Å². The molecule has 0 bridgehead atoms. The maximum Gasteiger partial charge on any atom is 0.307 e. The van der Waals surface area contributed by atoms with Crippen molar-refractivity contribution in [2.24, 2.45) is 0 Å². The number of nitrogens with zero attached hydrogens (tertiary/aromatic N) is 1. The summed E-state index contributed by atoms with van der Waals surface area (Å²) in [6.45, 7) is 5.81. The van der Waals surface area contributed by atoms with Gasteiger partial charge in [-0.3, -0.25) is 4.79 Å². The van der Waals surface area contributed by atoms with E-state index >= 15 is 0 Å². The first kappa shape index (κ1) is 22.9. The summed E-state index contributed by atoms with van der Waals surface area (Å²) in [7, 11) is 0. The summed E-state index contributed by atoms with van der Waals surface area (Å²) in [4.78, 5) is 14.4. The standard InChI is InChI=1S/C24H33NO4S/c1-3-27-23(26)18-19(2)25-15-14-22(30-20-10-5-4-6-11-20)21(25)12-9-17-29-24-13-7-8-16-28-24/h4-6,10-11,14-15,19,24H,3,7-9,12-13,16-18H2,1-2H3. The molecule has 0 amide bonds. The lowest BCUT2D eigenvalue weighted by Crippen LogP contribution is -2.23. The van der Waals surface area contributed by atoms with Gasteiger partial charge in [0, 0.05) is 34.3 Å². The Morgan fingerprint density at radius 2 is 2.10 bits per heavy atom. The van der Waals surface area contributed by atoms with E-state index in [1.807, 2.05) is 13.0 Å². The van der Waals surface area contributed by atoms with Gasteiger partial charge in [0.15, 0.2) is 6.29 Å². The van der Waals surface area contributed by atoms with Crippen LogP contribution in [0.5, 0.6) is 0 Å². The molecule has 0 aliphatic carbocycles. The Balaban J connectivity index is 1.65. The monoisotopic (exact) mass is 431 g/mol. The molecule has 2 aromatic rings. The van der Waals surface area contributed by atoms with Crippen molar-refractivity contribution >= 4 is 17.7 Å². The zero-order chi connectivity index (χ0) is 21.2. The highest BCUT2D eigenvalue weighted by atomic mass is 32.2. The lowest BCUT2D eigenvalue weighted by Gasteiger charge is -2.23. The zero-order valence-corrected chi connectivity index (χ0v) is 18.9. The predicted molar refractivity (Wildman–Crippen MR) is 119 cm³/mol. The van der Waals surface area contributed by atoms with E-state index in [2.05, 4.69) is 48.0 Å². The van der Waals surface area contributed by atoms with Crippen molar-refractivity contribution in [1.82, 2.24) is 4.57 Å². The molecule has 1 aliphatic heterocycles. The van der Waals surface area contributed by atoms with Crippen molar-refractivity contribution in [2.75, 3.05) is 19.8 Å². The molecule has 6 heteroatoms. The number of ether oxygens (including phenoxy) is 3. The Kier molecular flexibility index (Phi) is 9.30. The summed E-state index contributed by atoms with van der Waals surface area (Å²) >= 11 is 1.77. The molecule has 1 aromatic heterocycles. The number of rotatable bonds is 11. The number of benzene rings is 1. The summed E-state index contributed by atoms with van der Waals surface area (Å²) in [6.07, 6.45) is 7.52. The van der Waals surface area contributed by atoms with Crippen molar-refractivity contribution in [3.8, 4) is 0 Å². The quantitative estimate of drug-likeness (QED) is 0.341. The third-order valence-corrected chi connectivity index (χ3v) is 6.29. The number of carbonyl (C=O) groups excluding carboxylic acids is 1. The molecule has 5 nitrogen and oxygen atoms in total. The number of carbonyl (C=O) groups is 1. The topological polar surface area (TPSA) is 49.7 Å². The predicted octanol–water partition coefficient (Wildman–Crippen LogP) is 5.63. The van der Waals surface area contributed by atoms with Crippen LogP contribution in [0.2, 0.25) is 0 Å². The summed E-state index contributed by atoms with van der Waals surface area (Å²) in [5, 5.41) is 0. The normalized spacial score (nSPS) is 17.6. The first-order chi connectivity index (χ1) is 14.7. The van der Waals surface area contributed by atoms with Gasteiger partial charge in [0.25, 0.3) is 0 Å². The highest BCUT2D eigenvalue weighted by Gasteiger charge is 2.18. The minimum absolute atomic E-state index is 0.0479. The molecule has 1 saturated heterocycles. The van der Waals surface area contributed by atoms with E-state index in [0.29, 0.717) is 19.6 Å². The van der Waals surface area contributed by atoms with Crippen molar-refractivity contribution in [3.63, 3.8) is 0 Å². The largest absolute Gasteiger partial charge is 0.466 e. The molecule has 0 radical (unpaired) electrons. The average Bonchev–Trinajstić information content (AvgIpc) is 3.15. The van der Waals surface area contributed by atoms with Crippen LogP contribution in [-0.2, 0) is 25.4 Å². The maximum absolute atomic E-state index is 12.0. The van der Waals surface area contributed by atoms with E-state index in [-0.39, 0.29) is 18.3 Å². The molecule has 0 N–H and O–H groups in total. The number of esters is 1. The fraction of sp³-hybridized carbons (Fsp3) is 0.542. The number of aromatic nitrogens is 1. The van der Waals surface area contributed by atoms with Gasteiger partial charge in [0.1, 0.15) is 0 Å². The van der Waals surface area contributed by atoms with E-state index in [1.165, 1.54) is 21.9 Å². The van der Waals surface area contributed by atoms with Crippen LogP contribution in [0.15, 0.2) is 52.4 Å². The van der Waals surface area contributed by atoms with Gasteiger partial charge in [-0.1, -0.05) is 30.0 Å². The van der Waals surface area contributed by atoms with Crippen LogP contribution in [0.4, 0.5) is 0 Å². The molecule has 3 rings (SSSR count). The highest BCUT2D eigenvalue weighted by molar-refractivity contribution is 7.99. The third-order valence-electron chi connectivity index (χ3n) is 5.20. The maximum atomic E-state index is 12.0. The average molecular weight is 432 g/mol. The molecular weight excluding hydrogens is 398 g/mol. The molecule has 2 heterocycles. The minimum atomic E-state index is -0.153. The summed E-state index contributed by atoms with van der Waals surface area (Å²) < 4.78 is 19.0. The Bertz CT molecular complexity index is 771. The molecular formula is C24H33NO4S. The molecule has 30 heavy (non-hydrogen) atoms. The van der Waals surface area contributed by atoms with Gasteiger partial charge in [-0.2, -0.15) is 0 Å². The number of hydrogen-bond donors (Lipinski definition) is 0. The Morgan fingerprint density at radius 3 is 2.83 bits per heavy atom. The summed E-state index contributed by atoms with van der Waals surface area (Å²) in [5.74, 6) is -0.153. The SMILES string of the molecule is CCOC(=O)CC(C)n1ccc(Sc2ccccc2)c1CCCOC1CCCCO1. The second-order valence-electron chi connectivity index (χ2n) is 7.58. The molecule has 1 aliphatic rings. The van der Waals surface area contributed by atoms with Crippen LogP contribution in [0.3, 0.4) is 0 Å². The Labute approximate surface area is 184 Å². The first-order valence-electron chi connectivity index (χ1n) is 11.0. The second kappa shape index (κ2) is 12.2. The summed E-state index contributed by atoms with van der Waals surface area (Å²) in [5.41, 5.74) is 1.24. The van der Waals surface area contributed by atoms with E-state index in [4.69, 9.17) is 14.2 Å². The van der Waals surface area contributed by atoms with Crippen LogP contribution in [0.1, 0.15) is 57.7 Å². The van der Waals surface area contributed by atoms with Crippen LogP contribution in [0.25, 0.3) is 0 Å². The van der Waals surface area contributed by atoms with Gasteiger partial charge in [-0.15, -0.1) is 0 Å². The number of hydrogen-bond acceptors (Lipinski definition) is 5. The highest BCUT2D eigenvalue weighted by Crippen LogP contribution is 2.34. The smallest absolute Gasteiger partial charge is 0.307 e. The van der Waals surface area contributed by atoms with Gasteiger partial charge in [0.2, 0.25) is 0 Å².